The van der Waals surface area contributed by atoms with E-state index in [1.165, 1.54) is 0 Å². The number of carbonyl (C=O) groups excluding carboxylic acids is 1. The van der Waals surface area contributed by atoms with E-state index in [1.807, 2.05) is 0 Å². The molecule has 4 heteroatoms. The van der Waals surface area contributed by atoms with Crippen LogP contribution in [0.1, 0.15) is 39.0 Å². The van der Waals surface area contributed by atoms with Crippen molar-refractivity contribution >= 4 is 21.8 Å². The fourth-order valence-corrected chi connectivity index (χ4v) is 2.44. The molecule has 0 aromatic rings. The summed E-state index contributed by atoms with van der Waals surface area (Å²) in [5, 5.41) is 13.1. The fraction of sp³-hybridized carbons (Fsp3) is 0.909. The van der Waals surface area contributed by atoms with Gasteiger partial charge in [-0.15, -0.1) is 0 Å². The van der Waals surface area contributed by atoms with Crippen LogP contribution in [-0.2, 0) is 4.79 Å². The van der Waals surface area contributed by atoms with E-state index in [-0.39, 0.29) is 18.1 Å². The van der Waals surface area contributed by atoms with E-state index in [0.29, 0.717) is 11.8 Å². The summed E-state index contributed by atoms with van der Waals surface area (Å²) in [7, 11) is 0. The minimum absolute atomic E-state index is 0.0375. The topological polar surface area (TPSA) is 49.3 Å². The first-order valence-electron chi connectivity index (χ1n) is 5.60. The quantitative estimate of drug-likeness (QED) is 0.771. The second-order valence-electron chi connectivity index (χ2n) is 4.61. The van der Waals surface area contributed by atoms with Crippen LogP contribution in [0.2, 0.25) is 0 Å². The number of hydrogen-bond donors (Lipinski definition) is 2. The van der Waals surface area contributed by atoms with Gasteiger partial charge in [0, 0.05) is 11.8 Å². The molecule has 0 saturated heterocycles. The van der Waals surface area contributed by atoms with Gasteiger partial charge < -0.3 is 10.4 Å². The molecule has 0 aromatic heterocycles. The van der Waals surface area contributed by atoms with E-state index < -0.39 is 0 Å². The highest BCUT2D eigenvalue weighted by Gasteiger charge is 2.34. The third kappa shape index (κ3) is 3.76. The first-order chi connectivity index (χ1) is 7.12. The van der Waals surface area contributed by atoms with E-state index in [4.69, 9.17) is 0 Å². The molecule has 0 spiro atoms. The van der Waals surface area contributed by atoms with Crippen LogP contribution >= 0.6 is 15.9 Å². The summed E-state index contributed by atoms with van der Waals surface area (Å²) in [6.45, 7) is 2.29. The number of rotatable bonds is 4. The molecule has 15 heavy (non-hydrogen) atoms. The van der Waals surface area contributed by atoms with Crippen molar-refractivity contribution < 1.29 is 9.90 Å². The lowest BCUT2D eigenvalue weighted by atomic mass is 9.77. The highest BCUT2D eigenvalue weighted by Crippen LogP contribution is 2.31. The predicted molar refractivity (Wildman–Crippen MR) is 64.0 cm³/mol. The molecule has 1 aliphatic carbocycles. The molecule has 0 bridgehead atoms. The molecule has 0 aromatic carbocycles. The number of aliphatic hydroxyl groups is 1. The Bertz CT molecular complexity index is 213. The standard InChI is InChI=1S/C11H20BrNO2/c1-9-2-5-11(8-14,6-3-9)13-10(15)4-7-12/h9,14H,2-8H2,1H3,(H,13,15). The van der Waals surface area contributed by atoms with Crippen LogP contribution in [0.5, 0.6) is 0 Å². The normalized spacial score (nSPS) is 31.3. The molecule has 1 fully saturated rings. The molecular formula is C11H20BrNO2. The van der Waals surface area contributed by atoms with Crippen LogP contribution in [0.4, 0.5) is 0 Å². The van der Waals surface area contributed by atoms with Crippen molar-refractivity contribution in [1.82, 2.24) is 5.32 Å². The van der Waals surface area contributed by atoms with Crippen LogP contribution in [0, 0.1) is 5.92 Å². The average molecular weight is 278 g/mol. The number of aliphatic hydroxyl groups excluding tert-OH is 1. The summed E-state index contributed by atoms with van der Waals surface area (Å²) in [4.78, 5) is 11.5. The van der Waals surface area contributed by atoms with Crippen molar-refractivity contribution in [1.29, 1.82) is 0 Å². The zero-order valence-electron chi connectivity index (χ0n) is 9.26. The SMILES string of the molecule is CC1CCC(CO)(NC(=O)CCBr)CC1. The number of amides is 1. The summed E-state index contributed by atoms with van der Waals surface area (Å²) < 4.78 is 0. The smallest absolute Gasteiger partial charge is 0.221 e. The summed E-state index contributed by atoms with van der Waals surface area (Å²) in [5.74, 6) is 0.758. The maximum atomic E-state index is 11.5. The minimum Gasteiger partial charge on any atom is -0.394 e. The highest BCUT2D eigenvalue weighted by atomic mass is 79.9. The Hall–Kier alpha value is -0.0900. The number of halogens is 1. The first kappa shape index (κ1) is 13.0. The van der Waals surface area contributed by atoms with E-state index in [1.54, 1.807) is 0 Å². The maximum Gasteiger partial charge on any atom is 0.221 e. The monoisotopic (exact) mass is 277 g/mol. The van der Waals surface area contributed by atoms with Crippen molar-refractivity contribution in [2.24, 2.45) is 5.92 Å². The summed E-state index contributed by atoms with van der Waals surface area (Å²) in [6.07, 6.45) is 4.47. The molecule has 1 aliphatic rings. The molecule has 2 N–H and O–H groups in total. The zero-order valence-corrected chi connectivity index (χ0v) is 10.8. The highest BCUT2D eigenvalue weighted by molar-refractivity contribution is 9.09. The second kappa shape index (κ2) is 5.85. The Morgan fingerprint density at radius 1 is 1.53 bits per heavy atom. The maximum absolute atomic E-state index is 11.5. The molecule has 0 aliphatic heterocycles. The largest absolute Gasteiger partial charge is 0.394 e. The van der Waals surface area contributed by atoms with Crippen LogP contribution in [0.15, 0.2) is 0 Å². The Morgan fingerprint density at radius 2 is 2.13 bits per heavy atom. The van der Waals surface area contributed by atoms with Gasteiger partial charge in [0.05, 0.1) is 12.1 Å². The molecule has 0 atom stereocenters. The van der Waals surface area contributed by atoms with Gasteiger partial charge in [0.2, 0.25) is 5.91 Å². The van der Waals surface area contributed by atoms with Crippen LogP contribution in [0.3, 0.4) is 0 Å². The summed E-state index contributed by atoms with van der Waals surface area (Å²) >= 11 is 3.24. The molecule has 3 nitrogen and oxygen atoms in total. The van der Waals surface area contributed by atoms with Crippen molar-refractivity contribution in [2.45, 2.75) is 44.6 Å². The van der Waals surface area contributed by atoms with E-state index in [9.17, 15) is 9.90 Å². The lowest BCUT2D eigenvalue weighted by Gasteiger charge is -2.38. The second-order valence-corrected chi connectivity index (χ2v) is 5.40. The molecule has 0 heterocycles. The molecule has 1 amide bonds. The van der Waals surface area contributed by atoms with Gasteiger partial charge in [-0.25, -0.2) is 0 Å². The average Bonchev–Trinajstić information content (AvgIpc) is 2.22. The summed E-state index contributed by atoms with van der Waals surface area (Å²) in [6, 6.07) is 0. The van der Waals surface area contributed by atoms with Crippen molar-refractivity contribution in [3.8, 4) is 0 Å². The van der Waals surface area contributed by atoms with E-state index in [2.05, 4.69) is 28.2 Å². The fourth-order valence-electron chi connectivity index (χ4n) is 2.08. The molecule has 88 valence electrons. The minimum atomic E-state index is -0.342. The Labute approximate surface area is 99.8 Å². The van der Waals surface area contributed by atoms with Crippen LogP contribution in [-0.4, -0.2) is 28.5 Å². The lowest BCUT2D eigenvalue weighted by Crippen LogP contribution is -2.53. The van der Waals surface area contributed by atoms with Gasteiger partial charge in [0.15, 0.2) is 0 Å². The van der Waals surface area contributed by atoms with Crippen molar-refractivity contribution in [2.75, 3.05) is 11.9 Å². The van der Waals surface area contributed by atoms with Crippen LogP contribution in [0.25, 0.3) is 0 Å². The van der Waals surface area contributed by atoms with Gasteiger partial charge in [0.25, 0.3) is 0 Å². The first-order valence-corrected chi connectivity index (χ1v) is 6.72. The molecule has 0 radical (unpaired) electrons. The molecular weight excluding hydrogens is 258 g/mol. The molecule has 1 saturated carbocycles. The third-order valence-corrected chi connectivity index (χ3v) is 3.66. The third-order valence-electron chi connectivity index (χ3n) is 3.26. The van der Waals surface area contributed by atoms with E-state index >= 15 is 0 Å². The van der Waals surface area contributed by atoms with Gasteiger partial charge in [-0.1, -0.05) is 22.9 Å². The van der Waals surface area contributed by atoms with Gasteiger partial charge >= 0.3 is 0 Å². The van der Waals surface area contributed by atoms with Gasteiger partial charge in [-0.05, 0) is 31.6 Å². The number of alkyl halides is 1. The van der Waals surface area contributed by atoms with Crippen LogP contribution < -0.4 is 5.32 Å². The Kier molecular flexibility index (Phi) is 5.06. The van der Waals surface area contributed by atoms with Crippen molar-refractivity contribution in [3.05, 3.63) is 0 Å². The predicted octanol–water partition coefficient (Wildman–Crippen LogP) is 1.83. The van der Waals surface area contributed by atoms with Gasteiger partial charge in [0.1, 0.15) is 0 Å². The lowest BCUT2D eigenvalue weighted by molar-refractivity contribution is -0.123. The Balaban J connectivity index is 2.49. The number of carbonyl (C=O) groups is 1. The zero-order chi connectivity index (χ0) is 11.3. The summed E-state index contributed by atoms with van der Waals surface area (Å²) in [5.41, 5.74) is -0.342. The number of hydrogen-bond acceptors (Lipinski definition) is 2. The molecule has 1 rings (SSSR count). The van der Waals surface area contributed by atoms with Crippen molar-refractivity contribution in [3.63, 3.8) is 0 Å². The van der Waals surface area contributed by atoms with Gasteiger partial charge in [-0.3, -0.25) is 4.79 Å². The number of nitrogens with one attached hydrogen (secondary N) is 1. The van der Waals surface area contributed by atoms with Gasteiger partial charge in [-0.2, -0.15) is 0 Å². The molecule has 0 unspecified atom stereocenters. The Morgan fingerprint density at radius 3 is 2.60 bits per heavy atom. The van der Waals surface area contributed by atoms with E-state index in [0.717, 1.165) is 31.6 Å².